The highest BCUT2D eigenvalue weighted by atomic mass is 16.3. The minimum Gasteiger partial charge on any atom is -0.472 e. The molecule has 1 aliphatic carbocycles. The average molecular weight is 231 g/mol. The van der Waals surface area contributed by atoms with Crippen LogP contribution in [0.3, 0.4) is 0 Å². The Morgan fingerprint density at radius 2 is 2.41 bits per heavy atom. The van der Waals surface area contributed by atoms with Gasteiger partial charge in [-0.1, -0.05) is 6.42 Å². The minimum absolute atomic E-state index is 0.673. The van der Waals surface area contributed by atoms with E-state index in [0.717, 1.165) is 17.8 Å². The Labute approximate surface area is 100 Å². The highest BCUT2D eigenvalue weighted by Crippen LogP contribution is 2.39. The number of nitrogens with one attached hydrogen (secondary N) is 2. The fourth-order valence-electron chi connectivity index (χ4n) is 2.41. The topological polar surface area (TPSA) is 53.9 Å². The summed E-state index contributed by atoms with van der Waals surface area (Å²) in [6.07, 6.45) is 7.34. The van der Waals surface area contributed by atoms with Crippen LogP contribution in [0.5, 0.6) is 0 Å². The van der Waals surface area contributed by atoms with E-state index >= 15 is 0 Å². The third kappa shape index (κ3) is 1.78. The maximum absolute atomic E-state index is 5.14. The van der Waals surface area contributed by atoms with Crippen molar-refractivity contribution in [3.8, 4) is 11.3 Å². The number of H-pyrrole nitrogens is 1. The second-order valence-electron chi connectivity index (χ2n) is 4.63. The van der Waals surface area contributed by atoms with Crippen LogP contribution in [-0.2, 0) is 6.54 Å². The van der Waals surface area contributed by atoms with Crippen LogP contribution in [0.1, 0.15) is 36.4 Å². The summed E-state index contributed by atoms with van der Waals surface area (Å²) in [7, 11) is 1.97. The molecule has 4 nitrogen and oxygen atoms in total. The Bertz CT molecular complexity index is 483. The lowest BCUT2D eigenvalue weighted by Gasteiger charge is -2.25. The molecule has 2 heterocycles. The van der Waals surface area contributed by atoms with Gasteiger partial charge in [0.1, 0.15) is 5.69 Å². The number of aromatic nitrogens is 2. The van der Waals surface area contributed by atoms with Crippen LogP contribution in [0.25, 0.3) is 11.3 Å². The van der Waals surface area contributed by atoms with Gasteiger partial charge in [-0.25, -0.2) is 0 Å². The second kappa shape index (κ2) is 4.37. The lowest BCUT2D eigenvalue weighted by atomic mass is 9.81. The standard InChI is InChI=1S/C13H17N3O/c1-14-7-11-12(9-3-2-4-9)15-16-13(11)10-5-6-17-8-10/h5-6,8-9,14H,2-4,7H2,1H3,(H,15,16). The van der Waals surface area contributed by atoms with Crippen molar-refractivity contribution >= 4 is 0 Å². The Morgan fingerprint density at radius 3 is 3.00 bits per heavy atom. The lowest BCUT2D eigenvalue weighted by molar-refractivity contribution is 0.407. The summed E-state index contributed by atoms with van der Waals surface area (Å²) in [5.74, 6) is 0.673. The van der Waals surface area contributed by atoms with E-state index in [0.29, 0.717) is 5.92 Å². The first kappa shape index (κ1) is 10.6. The molecule has 0 unspecified atom stereocenters. The highest BCUT2D eigenvalue weighted by Gasteiger charge is 2.26. The van der Waals surface area contributed by atoms with Crippen LogP contribution in [0.15, 0.2) is 23.0 Å². The average Bonchev–Trinajstić information content (AvgIpc) is 2.86. The molecule has 0 aromatic carbocycles. The smallest absolute Gasteiger partial charge is 0.100 e. The van der Waals surface area contributed by atoms with Crippen molar-refractivity contribution in [2.24, 2.45) is 0 Å². The van der Waals surface area contributed by atoms with Gasteiger partial charge in [-0.2, -0.15) is 5.10 Å². The maximum atomic E-state index is 5.14. The molecule has 90 valence electrons. The van der Waals surface area contributed by atoms with Crippen LogP contribution < -0.4 is 5.32 Å². The molecule has 1 fully saturated rings. The molecule has 0 atom stereocenters. The molecule has 1 aliphatic rings. The molecule has 0 saturated heterocycles. The highest BCUT2D eigenvalue weighted by molar-refractivity contribution is 5.63. The first-order valence-corrected chi connectivity index (χ1v) is 6.14. The van der Waals surface area contributed by atoms with Crippen LogP contribution in [-0.4, -0.2) is 17.2 Å². The predicted octanol–water partition coefficient (Wildman–Crippen LogP) is 2.66. The van der Waals surface area contributed by atoms with Crippen molar-refractivity contribution < 1.29 is 4.42 Å². The summed E-state index contributed by atoms with van der Waals surface area (Å²) in [5.41, 5.74) is 4.67. The Balaban J connectivity index is 2.00. The van der Waals surface area contributed by atoms with Gasteiger partial charge < -0.3 is 9.73 Å². The minimum atomic E-state index is 0.673. The molecular weight excluding hydrogens is 214 g/mol. The number of hydrogen-bond acceptors (Lipinski definition) is 3. The van der Waals surface area contributed by atoms with Crippen molar-refractivity contribution in [2.75, 3.05) is 7.05 Å². The summed E-state index contributed by atoms with van der Waals surface area (Å²) >= 11 is 0. The molecule has 1 saturated carbocycles. The van der Waals surface area contributed by atoms with E-state index < -0.39 is 0 Å². The van der Waals surface area contributed by atoms with Gasteiger partial charge >= 0.3 is 0 Å². The largest absolute Gasteiger partial charge is 0.472 e. The Hall–Kier alpha value is -1.55. The molecule has 2 aromatic heterocycles. The van der Waals surface area contributed by atoms with Gasteiger partial charge in [-0.3, -0.25) is 5.10 Å². The van der Waals surface area contributed by atoms with E-state index in [1.807, 2.05) is 13.1 Å². The summed E-state index contributed by atoms with van der Waals surface area (Å²) in [6.45, 7) is 0.850. The van der Waals surface area contributed by atoms with E-state index in [-0.39, 0.29) is 0 Å². The van der Waals surface area contributed by atoms with Crippen molar-refractivity contribution in [2.45, 2.75) is 31.7 Å². The fourth-order valence-corrected chi connectivity index (χ4v) is 2.41. The number of hydrogen-bond donors (Lipinski definition) is 2. The number of furan rings is 1. The number of rotatable bonds is 4. The van der Waals surface area contributed by atoms with E-state index in [1.54, 1.807) is 12.5 Å². The zero-order valence-corrected chi connectivity index (χ0v) is 9.99. The SMILES string of the molecule is CNCc1c(-c2ccoc2)n[nH]c1C1CCC1. The summed E-state index contributed by atoms with van der Waals surface area (Å²) in [4.78, 5) is 0. The molecule has 0 aliphatic heterocycles. The summed E-state index contributed by atoms with van der Waals surface area (Å²) in [6, 6.07) is 1.96. The lowest BCUT2D eigenvalue weighted by Crippen LogP contribution is -2.14. The second-order valence-corrected chi connectivity index (χ2v) is 4.63. The molecule has 0 spiro atoms. The summed E-state index contributed by atoms with van der Waals surface area (Å²) < 4.78 is 5.14. The number of nitrogens with zero attached hydrogens (tertiary/aromatic N) is 1. The molecule has 0 bridgehead atoms. The molecule has 2 N–H and O–H groups in total. The monoisotopic (exact) mass is 231 g/mol. The quantitative estimate of drug-likeness (QED) is 0.850. The Kier molecular flexibility index (Phi) is 2.73. The third-order valence-corrected chi connectivity index (χ3v) is 3.56. The fraction of sp³-hybridized carbons (Fsp3) is 0.462. The van der Waals surface area contributed by atoms with Gasteiger partial charge in [-0.05, 0) is 26.0 Å². The first-order valence-electron chi connectivity index (χ1n) is 6.14. The van der Waals surface area contributed by atoms with E-state index in [4.69, 9.17) is 4.42 Å². The molecular formula is C13H17N3O. The molecule has 4 heteroatoms. The van der Waals surface area contributed by atoms with Crippen molar-refractivity contribution in [1.29, 1.82) is 0 Å². The van der Waals surface area contributed by atoms with Gasteiger partial charge in [0.15, 0.2) is 0 Å². The predicted molar refractivity (Wildman–Crippen MR) is 65.6 cm³/mol. The van der Waals surface area contributed by atoms with E-state index in [9.17, 15) is 0 Å². The molecule has 0 radical (unpaired) electrons. The third-order valence-electron chi connectivity index (χ3n) is 3.56. The zero-order chi connectivity index (χ0) is 11.7. The van der Waals surface area contributed by atoms with Gasteiger partial charge in [0, 0.05) is 29.3 Å². The van der Waals surface area contributed by atoms with Gasteiger partial charge in [0.05, 0.1) is 12.5 Å². The van der Waals surface area contributed by atoms with Gasteiger partial charge in [0.2, 0.25) is 0 Å². The van der Waals surface area contributed by atoms with Gasteiger partial charge in [-0.15, -0.1) is 0 Å². The van der Waals surface area contributed by atoms with Crippen molar-refractivity contribution in [3.05, 3.63) is 29.9 Å². The van der Waals surface area contributed by atoms with Crippen LogP contribution in [0.4, 0.5) is 0 Å². The number of aromatic amines is 1. The van der Waals surface area contributed by atoms with E-state index in [2.05, 4.69) is 15.5 Å². The van der Waals surface area contributed by atoms with Gasteiger partial charge in [0.25, 0.3) is 0 Å². The van der Waals surface area contributed by atoms with Crippen molar-refractivity contribution in [1.82, 2.24) is 15.5 Å². The zero-order valence-electron chi connectivity index (χ0n) is 9.99. The van der Waals surface area contributed by atoms with Crippen LogP contribution >= 0.6 is 0 Å². The van der Waals surface area contributed by atoms with Crippen LogP contribution in [0, 0.1) is 0 Å². The molecule has 17 heavy (non-hydrogen) atoms. The summed E-state index contributed by atoms with van der Waals surface area (Å²) in [5, 5.41) is 10.9. The van der Waals surface area contributed by atoms with Crippen molar-refractivity contribution in [3.63, 3.8) is 0 Å². The maximum Gasteiger partial charge on any atom is 0.100 e. The normalized spacial score (nSPS) is 16.1. The molecule has 0 amide bonds. The van der Waals surface area contributed by atoms with E-state index in [1.165, 1.54) is 30.5 Å². The first-order chi connectivity index (χ1) is 8.40. The van der Waals surface area contributed by atoms with Crippen LogP contribution in [0.2, 0.25) is 0 Å². The molecule has 2 aromatic rings. The molecule has 3 rings (SSSR count). The Morgan fingerprint density at radius 1 is 1.53 bits per heavy atom.